The number of halogens is 1. The summed E-state index contributed by atoms with van der Waals surface area (Å²) in [6, 6.07) is 15.7. The van der Waals surface area contributed by atoms with Crippen LogP contribution in [-0.2, 0) is 11.3 Å². The van der Waals surface area contributed by atoms with Gasteiger partial charge in [-0.2, -0.15) is 5.10 Å². The van der Waals surface area contributed by atoms with Crippen LogP contribution in [0, 0.1) is 20.8 Å². The number of aromatic nitrogens is 2. The third-order valence-corrected chi connectivity index (χ3v) is 4.92. The predicted octanol–water partition coefficient (Wildman–Crippen LogP) is 4.74. The molecule has 2 aromatic carbocycles. The summed E-state index contributed by atoms with van der Waals surface area (Å²) in [5.74, 6) is 1.49. The van der Waals surface area contributed by atoms with E-state index in [1.54, 1.807) is 12.1 Å². The van der Waals surface area contributed by atoms with Gasteiger partial charge in [0.25, 0.3) is 0 Å². The quantitative estimate of drug-likeness (QED) is 0.643. The lowest BCUT2D eigenvalue weighted by Gasteiger charge is -2.25. The van der Waals surface area contributed by atoms with Crippen LogP contribution in [0.3, 0.4) is 0 Å². The van der Waals surface area contributed by atoms with Gasteiger partial charge in [-0.25, -0.2) is 0 Å². The molecule has 6 nitrogen and oxygen atoms in total. The molecule has 0 aliphatic carbocycles. The Labute approximate surface area is 180 Å². The highest BCUT2D eigenvalue weighted by molar-refractivity contribution is 6.30. The van der Waals surface area contributed by atoms with E-state index in [-0.39, 0.29) is 6.04 Å². The third kappa shape index (κ3) is 4.89. The Morgan fingerprint density at radius 1 is 1.07 bits per heavy atom. The van der Waals surface area contributed by atoms with Crippen molar-refractivity contribution in [3.63, 3.8) is 0 Å². The van der Waals surface area contributed by atoms with Gasteiger partial charge in [0.2, 0.25) is 5.88 Å². The summed E-state index contributed by atoms with van der Waals surface area (Å²) in [4.78, 5) is 5.55. The van der Waals surface area contributed by atoms with Gasteiger partial charge in [0.1, 0.15) is 12.4 Å². The zero-order valence-corrected chi connectivity index (χ0v) is 17.9. The van der Waals surface area contributed by atoms with E-state index in [4.69, 9.17) is 21.2 Å². The maximum atomic E-state index is 6.07. The zero-order valence-electron chi connectivity index (χ0n) is 17.1. The molecule has 0 radical (unpaired) electrons. The minimum absolute atomic E-state index is 0.0752. The molecule has 1 aliphatic rings. The van der Waals surface area contributed by atoms with E-state index in [0.717, 1.165) is 12.1 Å². The Balaban J connectivity index is 1.57. The molecule has 7 heteroatoms. The van der Waals surface area contributed by atoms with E-state index in [1.807, 2.05) is 25.1 Å². The Morgan fingerprint density at radius 3 is 2.63 bits per heavy atom. The summed E-state index contributed by atoms with van der Waals surface area (Å²) in [6.07, 6.45) is 0.823. The average Bonchev–Trinajstić information content (AvgIpc) is 2.69. The number of nitrogens with zero attached hydrogens (tertiary/aromatic N) is 3. The number of amidine groups is 1. The molecule has 1 atom stereocenters. The second kappa shape index (κ2) is 8.71. The van der Waals surface area contributed by atoms with Crippen molar-refractivity contribution in [2.24, 2.45) is 5.16 Å². The van der Waals surface area contributed by atoms with Crippen molar-refractivity contribution < 1.29 is 9.57 Å². The first-order chi connectivity index (χ1) is 14.5. The molecule has 4 rings (SSSR count). The largest absolute Gasteiger partial charge is 0.437 e. The first-order valence-corrected chi connectivity index (χ1v) is 10.2. The highest BCUT2D eigenvalue weighted by atomic mass is 35.5. The lowest BCUT2D eigenvalue weighted by molar-refractivity contribution is 0.109. The van der Waals surface area contributed by atoms with E-state index in [1.165, 1.54) is 16.7 Å². The van der Waals surface area contributed by atoms with Gasteiger partial charge in [-0.3, -0.25) is 0 Å². The molecule has 0 saturated heterocycles. The number of ether oxygens (including phenoxy) is 1. The fourth-order valence-electron chi connectivity index (χ4n) is 3.53. The minimum atomic E-state index is 0.0752. The fourth-order valence-corrected chi connectivity index (χ4v) is 3.71. The zero-order chi connectivity index (χ0) is 21.1. The van der Waals surface area contributed by atoms with Gasteiger partial charge in [0.15, 0.2) is 5.84 Å². The summed E-state index contributed by atoms with van der Waals surface area (Å²) in [5, 5.41) is 16.6. The Morgan fingerprint density at radius 2 is 1.87 bits per heavy atom. The van der Waals surface area contributed by atoms with Crippen LogP contribution >= 0.6 is 11.6 Å². The summed E-state index contributed by atoms with van der Waals surface area (Å²) >= 11 is 6.07. The summed E-state index contributed by atoms with van der Waals surface area (Å²) in [5.41, 5.74) is 5.20. The molecule has 1 N–H and O–H groups in total. The van der Waals surface area contributed by atoms with Crippen LogP contribution in [0.15, 0.2) is 53.7 Å². The summed E-state index contributed by atoms with van der Waals surface area (Å²) in [6.45, 7) is 6.58. The van der Waals surface area contributed by atoms with Gasteiger partial charge in [0, 0.05) is 5.02 Å². The summed E-state index contributed by atoms with van der Waals surface area (Å²) < 4.78 is 5.95. The lowest BCUT2D eigenvalue weighted by Crippen LogP contribution is -2.43. The minimum Gasteiger partial charge on any atom is -0.437 e. The van der Waals surface area contributed by atoms with Crippen molar-refractivity contribution in [1.82, 2.24) is 15.5 Å². The van der Waals surface area contributed by atoms with E-state index in [0.29, 0.717) is 34.7 Å². The SMILES string of the molecule is Cc1cc(C)cc(C[C@@H]2CON=C(c3cc(C)nnc3Oc3cccc(Cl)c3)N2)c1. The summed E-state index contributed by atoms with van der Waals surface area (Å²) in [7, 11) is 0. The second-order valence-corrected chi connectivity index (χ2v) is 7.98. The number of aryl methyl sites for hydroxylation is 3. The van der Waals surface area contributed by atoms with Gasteiger partial charge in [-0.05, 0) is 57.0 Å². The molecule has 0 unspecified atom stereocenters. The van der Waals surface area contributed by atoms with Crippen molar-refractivity contribution in [1.29, 1.82) is 0 Å². The fraction of sp³-hybridized carbons (Fsp3) is 0.261. The Kier molecular flexibility index (Phi) is 5.86. The molecule has 2 heterocycles. The average molecular weight is 423 g/mol. The van der Waals surface area contributed by atoms with E-state index in [9.17, 15) is 0 Å². The van der Waals surface area contributed by atoms with Crippen LogP contribution in [0.1, 0.15) is 27.9 Å². The van der Waals surface area contributed by atoms with Crippen molar-refractivity contribution >= 4 is 17.4 Å². The molecule has 30 heavy (non-hydrogen) atoms. The van der Waals surface area contributed by atoms with E-state index < -0.39 is 0 Å². The normalized spacial score (nSPS) is 15.7. The van der Waals surface area contributed by atoms with Crippen molar-refractivity contribution in [2.75, 3.05) is 6.61 Å². The standard InChI is InChI=1S/C23H23ClN4O2/c1-14-7-15(2)9-17(8-14)11-19-13-29-28-22(25-19)21-10-16(3)26-27-23(21)30-20-6-4-5-18(24)12-20/h4-10,12,19H,11,13H2,1-3H3,(H,25,28)/t19-/m1/s1. The van der Waals surface area contributed by atoms with Gasteiger partial charge in [0.05, 0.1) is 17.3 Å². The molecule has 154 valence electrons. The molecule has 0 amide bonds. The number of nitrogens with one attached hydrogen (secondary N) is 1. The monoisotopic (exact) mass is 422 g/mol. The van der Waals surface area contributed by atoms with Crippen LogP contribution in [0.2, 0.25) is 5.02 Å². The van der Waals surface area contributed by atoms with Crippen LogP contribution in [-0.4, -0.2) is 28.7 Å². The highest BCUT2D eigenvalue weighted by Gasteiger charge is 2.23. The highest BCUT2D eigenvalue weighted by Crippen LogP contribution is 2.26. The second-order valence-electron chi connectivity index (χ2n) is 7.54. The first kappa shape index (κ1) is 20.2. The van der Waals surface area contributed by atoms with Crippen LogP contribution < -0.4 is 10.1 Å². The third-order valence-electron chi connectivity index (χ3n) is 4.68. The van der Waals surface area contributed by atoms with Gasteiger partial charge in [-0.15, -0.1) is 5.10 Å². The first-order valence-electron chi connectivity index (χ1n) is 9.78. The topological polar surface area (TPSA) is 68.6 Å². The smallest absolute Gasteiger partial charge is 0.250 e. The molecule has 0 bridgehead atoms. The van der Waals surface area contributed by atoms with Crippen molar-refractivity contribution in [2.45, 2.75) is 33.2 Å². The molecule has 0 saturated carbocycles. The molecule has 1 aromatic heterocycles. The van der Waals surface area contributed by atoms with E-state index in [2.05, 4.69) is 52.7 Å². The van der Waals surface area contributed by atoms with Gasteiger partial charge >= 0.3 is 0 Å². The van der Waals surface area contributed by atoms with Crippen molar-refractivity contribution in [3.05, 3.63) is 81.5 Å². The van der Waals surface area contributed by atoms with Crippen molar-refractivity contribution in [3.8, 4) is 11.6 Å². The Hall–Kier alpha value is -3.12. The number of hydrogen-bond acceptors (Lipinski definition) is 6. The maximum absolute atomic E-state index is 6.07. The van der Waals surface area contributed by atoms with Crippen LogP contribution in [0.5, 0.6) is 11.6 Å². The van der Waals surface area contributed by atoms with Gasteiger partial charge < -0.3 is 14.9 Å². The number of rotatable bonds is 5. The molecule has 0 fully saturated rings. The number of hydrogen-bond donors (Lipinski definition) is 1. The van der Waals surface area contributed by atoms with Crippen LogP contribution in [0.4, 0.5) is 0 Å². The number of oxime groups is 1. The molecular weight excluding hydrogens is 400 g/mol. The Bertz CT molecular complexity index is 1080. The molecule has 1 aliphatic heterocycles. The lowest BCUT2D eigenvalue weighted by atomic mass is 10.0. The van der Waals surface area contributed by atoms with E-state index >= 15 is 0 Å². The van der Waals surface area contributed by atoms with Crippen LogP contribution in [0.25, 0.3) is 0 Å². The predicted molar refractivity (Wildman–Crippen MR) is 117 cm³/mol. The number of benzene rings is 2. The molecule has 3 aromatic rings. The van der Waals surface area contributed by atoms with Gasteiger partial charge in [-0.1, -0.05) is 52.1 Å². The molecule has 0 spiro atoms. The molecular formula is C23H23ClN4O2. The maximum Gasteiger partial charge on any atom is 0.250 e.